The van der Waals surface area contributed by atoms with E-state index in [0.29, 0.717) is 23.0 Å². The molecule has 5 heteroatoms. The predicted octanol–water partition coefficient (Wildman–Crippen LogP) is 4.59. The Labute approximate surface area is 144 Å². The van der Waals surface area contributed by atoms with E-state index in [2.05, 4.69) is 5.32 Å². The highest BCUT2D eigenvalue weighted by Crippen LogP contribution is 2.27. The maximum Gasteiger partial charge on any atom is 0.265 e. The van der Waals surface area contributed by atoms with Crippen LogP contribution in [0.3, 0.4) is 0 Å². The molecule has 4 nitrogen and oxygen atoms in total. The van der Waals surface area contributed by atoms with Crippen LogP contribution in [-0.4, -0.2) is 13.0 Å². The van der Waals surface area contributed by atoms with Crippen LogP contribution in [0.4, 0.5) is 5.69 Å². The van der Waals surface area contributed by atoms with E-state index in [1.165, 1.54) is 11.3 Å². The van der Waals surface area contributed by atoms with Gasteiger partial charge in [0.05, 0.1) is 12.0 Å². The van der Waals surface area contributed by atoms with Crippen molar-refractivity contribution in [3.8, 4) is 11.5 Å². The number of thiophene rings is 1. The van der Waals surface area contributed by atoms with Crippen LogP contribution in [0.1, 0.15) is 15.2 Å². The topological polar surface area (TPSA) is 47.6 Å². The molecule has 0 fully saturated rings. The van der Waals surface area contributed by atoms with E-state index in [1.807, 2.05) is 66.0 Å². The number of hydrogen-bond donors (Lipinski definition) is 1. The zero-order valence-electron chi connectivity index (χ0n) is 13.2. The van der Waals surface area contributed by atoms with E-state index in [1.54, 1.807) is 7.11 Å². The summed E-state index contributed by atoms with van der Waals surface area (Å²) in [5.41, 5.74) is 1.73. The molecule has 1 amide bonds. The third kappa shape index (κ3) is 3.94. The maximum absolute atomic E-state index is 12.2. The highest BCUT2D eigenvalue weighted by Gasteiger charge is 2.10. The fourth-order valence-electron chi connectivity index (χ4n) is 2.18. The molecule has 1 aromatic heterocycles. The van der Waals surface area contributed by atoms with Crippen LogP contribution in [-0.2, 0) is 6.61 Å². The highest BCUT2D eigenvalue weighted by molar-refractivity contribution is 7.12. The smallest absolute Gasteiger partial charge is 0.265 e. The van der Waals surface area contributed by atoms with Crippen molar-refractivity contribution in [1.82, 2.24) is 0 Å². The van der Waals surface area contributed by atoms with E-state index in [4.69, 9.17) is 9.47 Å². The first-order valence-corrected chi connectivity index (χ1v) is 8.34. The Hall–Kier alpha value is -2.79. The molecular weight excluding hydrogens is 322 g/mol. The quantitative estimate of drug-likeness (QED) is 0.714. The first-order chi connectivity index (χ1) is 11.8. The van der Waals surface area contributed by atoms with Crippen molar-refractivity contribution in [2.75, 3.05) is 12.4 Å². The number of amides is 1. The normalized spacial score (nSPS) is 10.2. The van der Waals surface area contributed by atoms with Crippen LogP contribution in [0.5, 0.6) is 11.5 Å². The molecule has 0 atom stereocenters. The van der Waals surface area contributed by atoms with Gasteiger partial charge < -0.3 is 14.8 Å². The van der Waals surface area contributed by atoms with Gasteiger partial charge >= 0.3 is 0 Å². The van der Waals surface area contributed by atoms with Gasteiger partial charge in [0, 0.05) is 11.3 Å². The second-order valence-corrected chi connectivity index (χ2v) is 5.99. The van der Waals surface area contributed by atoms with Crippen molar-refractivity contribution in [1.29, 1.82) is 0 Å². The number of nitrogens with one attached hydrogen (secondary N) is 1. The third-order valence-electron chi connectivity index (χ3n) is 3.37. The summed E-state index contributed by atoms with van der Waals surface area (Å²) >= 11 is 1.40. The summed E-state index contributed by atoms with van der Waals surface area (Å²) in [7, 11) is 1.61. The number of carbonyl (C=O) groups is 1. The largest absolute Gasteiger partial charge is 0.493 e. The van der Waals surface area contributed by atoms with Crippen LogP contribution < -0.4 is 14.8 Å². The molecule has 3 rings (SSSR count). The van der Waals surface area contributed by atoms with Gasteiger partial charge in [-0.2, -0.15) is 0 Å². The number of para-hydroxylation sites is 3. The molecule has 1 heterocycles. The molecule has 0 aliphatic carbocycles. The summed E-state index contributed by atoms with van der Waals surface area (Å²) in [5, 5.41) is 4.80. The van der Waals surface area contributed by atoms with Crippen molar-refractivity contribution < 1.29 is 14.3 Å². The minimum Gasteiger partial charge on any atom is -0.493 e. The molecule has 3 aromatic rings. The van der Waals surface area contributed by atoms with E-state index < -0.39 is 0 Å². The average Bonchev–Trinajstić information content (AvgIpc) is 3.10. The predicted molar refractivity (Wildman–Crippen MR) is 96.0 cm³/mol. The first kappa shape index (κ1) is 16.1. The van der Waals surface area contributed by atoms with E-state index in [0.717, 1.165) is 11.3 Å². The van der Waals surface area contributed by atoms with Crippen LogP contribution >= 0.6 is 11.3 Å². The molecule has 0 saturated carbocycles. The van der Waals surface area contributed by atoms with Crippen LogP contribution in [0.25, 0.3) is 0 Å². The minimum atomic E-state index is -0.116. The second kappa shape index (κ2) is 7.66. The number of rotatable bonds is 6. The number of hydrogen-bond acceptors (Lipinski definition) is 4. The molecule has 0 unspecified atom stereocenters. The summed E-state index contributed by atoms with van der Waals surface area (Å²) in [5.74, 6) is 1.26. The number of carbonyl (C=O) groups excluding carboxylic acids is 1. The zero-order chi connectivity index (χ0) is 16.8. The molecule has 0 spiro atoms. The van der Waals surface area contributed by atoms with Gasteiger partial charge in [0.15, 0.2) is 11.5 Å². The molecule has 0 saturated heterocycles. The summed E-state index contributed by atoms with van der Waals surface area (Å²) in [4.78, 5) is 12.9. The number of benzene rings is 2. The van der Waals surface area contributed by atoms with E-state index >= 15 is 0 Å². The van der Waals surface area contributed by atoms with E-state index in [-0.39, 0.29) is 5.91 Å². The Balaban J connectivity index is 1.62. The second-order valence-electron chi connectivity index (χ2n) is 5.08. The van der Waals surface area contributed by atoms with Gasteiger partial charge in [-0.1, -0.05) is 30.3 Å². The standard InChI is InChI=1S/C19H17NO3S/c1-22-16-9-5-6-10-17(16)23-12-14-11-18(24-13-14)19(21)20-15-7-3-2-4-8-15/h2-11,13H,12H2,1H3,(H,20,21). The fraction of sp³-hybridized carbons (Fsp3) is 0.105. The van der Waals surface area contributed by atoms with Gasteiger partial charge in [-0.05, 0) is 35.7 Å². The van der Waals surface area contributed by atoms with Gasteiger partial charge in [0.2, 0.25) is 0 Å². The molecule has 1 N–H and O–H groups in total. The van der Waals surface area contributed by atoms with Crippen molar-refractivity contribution >= 4 is 22.9 Å². The van der Waals surface area contributed by atoms with E-state index in [9.17, 15) is 4.79 Å². The lowest BCUT2D eigenvalue weighted by Crippen LogP contribution is -2.09. The monoisotopic (exact) mass is 339 g/mol. The molecule has 24 heavy (non-hydrogen) atoms. The molecule has 2 aromatic carbocycles. The van der Waals surface area contributed by atoms with Gasteiger partial charge in [0.1, 0.15) is 6.61 Å². The van der Waals surface area contributed by atoms with Crippen molar-refractivity contribution in [3.05, 3.63) is 76.5 Å². The molecule has 0 radical (unpaired) electrons. The van der Waals surface area contributed by atoms with Crippen LogP contribution in [0, 0.1) is 0 Å². The minimum absolute atomic E-state index is 0.116. The van der Waals surface area contributed by atoms with Gasteiger partial charge in [-0.3, -0.25) is 4.79 Å². The molecule has 122 valence electrons. The third-order valence-corrected chi connectivity index (χ3v) is 4.35. The lowest BCUT2D eigenvalue weighted by Gasteiger charge is -2.09. The van der Waals surface area contributed by atoms with Crippen LogP contribution in [0.2, 0.25) is 0 Å². The molecule has 0 aliphatic heterocycles. The Kier molecular flexibility index (Phi) is 5.13. The lowest BCUT2D eigenvalue weighted by molar-refractivity contribution is 0.103. The van der Waals surface area contributed by atoms with Crippen LogP contribution in [0.15, 0.2) is 66.0 Å². The number of anilines is 1. The Morgan fingerprint density at radius 1 is 1.04 bits per heavy atom. The summed E-state index contributed by atoms with van der Waals surface area (Å²) < 4.78 is 11.0. The Bertz CT molecular complexity index is 814. The fourth-order valence-corrected chi connectivity index (χ4v) is 2.98. The first-order valence-electron chi connectivity index (χ1n) is 7.46. The summed E-state index contributed by atoms with van der Waals surface area (Å²) in [6.45, 7) is 0.384. The zero-order valence-corrected chi connectivity index (χ0v) is 14.0. The summed E-state index contributed by atoms with van der Waals surface area (Å²) in [6.07, 6.45) is 0. The highest BCUT2D eigenvalue weighted by atomic mass is 32.1. The summed E-state index contributed by atoms with van der Waals surface area (Å²) in [6, 6.07) is 18.7. The number of ether oxygens (including phenoxy) is 2. The maximum atomic E-state index is 12.2. The average molecular weight is 339 g/mol. The Morgan fingerprint density at radius 3 is 2.50 bits per heavy atom. The molecule has 0 bridgehead atoms. The molecule has 0 aliphatic rings. The van der Waals surface area contributed by atoms with Gasteiger partial charge in [0.25, 0.3) is 5.91 Å². The van der Waals surface area contributed by atoms with Gasteiger partial charge in [-0.15, -0.1) is 11.3 Å². The van der Waals surface area contributed by atoms with Crippen molar-refractivity contribution in [2.45, 2.75) is 6.61 Å². The van der Waals surface area contributed by atoms with Gasteiger partial charge in [-0.25, -0.2) is 0 Å². The Morgan fingerprint density at radius 2 is 1.75 bits per heavy atom. The van der Waals surface area contributed by atoms with Crippen molar-refractivity contribution in [3.63, 3.8) is 0 Å². The molecular formula is C19H17NO3S. The number of methoxy groups -OCH3 is 1. The lowest BCUT2D eigenvalue weighted by atomic mass is 10.3. The SMILES string of the molecule is COc1ccccc1OCc1csc(C(=O)Nc2ccccc2)c1. The van der Waals surface area contributed by atoms with Crippen molar-refractivity contribution in [2.24, 2.45) is 0 Å².